The van der Waals surface area contributed by atoms with Gasteiger partial charge in [-0.05, 0) is 69.9 Å². The highest BCUT2D eigenvalue weighted by Gasteiger charge is 2.18. The monoisotopic (exact) mass is 732 g/mol. The normalized spacial score (nSPS) is 11.3. The van der Waals surface area contributed by atoms with E-state index in [2.05, 4.69) is 121 Å². The highest BCUT2D eigenvalue weighted by Crippen LogP contribution is 2.38. The van der Waals surface area contributed by atoms with Gasteiger partial charge in [0.25, 0.3) is 0 Å². The molecule has 0 spiro atoms. The predicted octanol–water partition coefficient (Wildman–Crippen LogP) is 12.3. The third-order valence-electron chi connectivity index (χ3n) is 10.5. The van der Waals surface area contributed by atoms with Gasteiger partial charge >= 0.3 is 0 Å². The molecule has 0 bridgehead atoms. The maximum absolute atomic E-state index is 4.98. The maximum atomic E-state index is 4.98. The molecule has 0 aliphatic rings. The number of fused-ring (bicyclic) bond motifs is 2. The van der Waals surface area contributed by atoms with Crippen LogP contribution < -0.4 is 0 Å². The number of aryl methyl sites for hydroxylation is 1. The summed E-state index contributed by atoms with van der Waals surface area (Å²) in [5.74, 6) is 2.88. The zero-order valence-corrected chi connectivity index (χ0v) is 31.3. The van der Waals surface area contributed by atoms with Crippen LogP contribution in [-0.4, -0.2) is 29.5 Å². The maximum Gasteiger partial charge on any atom is 0.165 e. The van der Waals surface area contributed by atoms with E-state index in [0.29, 0.717) is 17.5 Å². The molecule has 0 amide bonds. The number of imidazole rings is 1. The van der Waals surface area contributed by atoms with Gasteiger partial charge in [-0.2, -0.15) is 0 Å². The lowest BCUT2D eigenvalue weighted by atomic mass is 9.92. The zero-order valence-electron chi connectivity index (χ0n) is 31.3. The van der Waals surface area contributed by atoms with E-state index < -0.39 is 0 Å². The molecule has 57 heavy (non-hydrogen) atoms. The average molecular weight is 733 g/mol. The van der Waals surface area contributed by atoms with Crippen LogP contribution in [0, 0.1) is 0 Å². The van der Waals surface area contributed by atoms with Crippen molar-refractivity contribution in [2.24, 2.45) is 0 Å². The first-order valence-electron chi connectivity index (χ1n) is 19.2. The van der Waals surface area contributed by atoms with Crippen LogP contribution in [0.25, 0.3) is 95.2 Å². The Balaban J connectivity index is 0.978. The molecule has 0 saturated heterocycles. The summed E-state index contributed by atoms with van der Waals surface area (Å²) in [5.41, 5.74) is 12.6. The standard InChI is InChI=1S/C51H36N6/c1-2-48-53-45-22-12-14-24-47(45)57(48)46-23-13-11-21-43(46)42-20-10-9-19-41(42)38-27-25-37-32-39(28-26-36(37)31-38)44-30-29-40(33-52-44)51-55-49(34-15-5-3-6-16-34)54-50(56-51)35-17-7-4-8-18-35/h3-33H,2H2,1H3. The summed E-state index contributed by atoms with van der Waals surface area (Å²) >= 11 is 0. The first-order valence-corrected chi connectivity index (χ1v) is 19.2. The molecule has 10 aromatic rings. The molecular formula is C51H36N6. The quantitative estimate of drug-likeness (QED) is 0.156. The molecule has 3 heterocycles. The number of hydrogen-bond acceptors (Lipinski definition) is 5. The number of nitrogens with zero attached hydrogens (tertiary/aromatic N) is 6. The second kappa shape index (κ2) is 14.6. The lowest BCUT2D eigenvalue weighted by Crippen LogP contribution is -2.02. The Morgan fingerprint density at radius 3 is 1.63 bits per heavy atom. The van der Waals surface area contributed by atoms with Crippen molar-refractivity contribution in [2.45, 2.75) is 13.3 Å². The molecule has 0 aliphatic heterocycles. The summed E-state index contributed by atoms with van der Waals surface area (Å²) in [4.78, 5) is 24.5. The largest absolute Gasteiger partial charge is 0.296 e. The molecule has 6 nitrogen and oxygen atoms in total. The van der Waals surface area contributed by atoms with Gasteiger partial charge in [0.05, 0.1) is 22.4 Å². The van der Waals surface area contributed by atoms with Crippen molar-refractivity contribution < 1.29 is 0 Å². The number of para-hydroxylation sites is 3. The van der Waals surface area contributed by atoms with Gasteiger partial charge in [0.1, 0.15) is 5.82 Å². The summed E-state index contributed by atoms with van der Waals surface area (Å²) < 4.78 is 2.32. The van der Waals surface area contributed by atoms with Crippen LogP contribution in [-0.2, 0) is 6.42 Å². The van der Waals surface area contributed by atoms with Crippen molar-refractivity contribution in [2.75, 3.05) is 0 Å². The van der Waals surface area contributed by atoms with Crippen LogP contribution in [0.4, 0.5) is 0 Å². The molecule has 0 aliphatic carbocycles. The summed E-state index contributed by atoms with van der Waals surface area (Å²) in [5, 5.41) is 2.31. The molecule has 270 valence electrons. The SMILES string of the molecule is CCc1nc2ccccc2n1-c1ccccc1-c1ccccc1-c1ccc2cc(-c3ccc(-c4nc(-c5ccccc5)nc(-c5ccccc5)n4)cn3)ccc2c1. The van der Waals surface area contributed by atoms with E-state index in [-0.39, 0.29) is 0 Å². The van der Waals surface area contributed by atoms with E-state index in [1.807, 2.05) is 79.0 Å². The molecule has 0 saturated carbocycles. The molecule has 3 aromatic heterocycles. The van der Waals surface area contributed by atoms with Crippen molar-refractivity contribution in [1.82, 2.24) is 29.5 Å². The van der Waals surface area contributed by atoms with Gasteiger partial charge < -0.3 is 0 Å². The Morgan fingerprint density at radius 2 is 0.965 bits per heavy atom. The highest BCUT2D eigenvalue weighted by atomic mass is 15.1. The Morgan fingerprint density at radius 1 is 0.421 bits per heavy atom. The van der Waals surface area contributed by atoms with Gasteiger partial charge in [-0.25, -0.2) is 19.9 Å². The van der Waals surface area contributed by atoms with Crippen LogP contribution in [0.3, 0.4) is 0 Å². The third kappa shape index (κ3) is 6.43. The van der Waals surface area contributed by atoms with Gasteiger partial charge in [0, 0.05) is 40.4 Å². The third-order valence-corrected chi connectivity index (χ3v) is 10.5. The lowest BCUT2D eigenvalue weighted by Gasteiger charge is -2.17. The Bertz CT molecular complexity index is 2990. The summed E-state index contributed by atoms with van der Waals surface area (Å²) in [7, 11) is 0. The topological polar surface area (TPSA) is 69.4 Å². The number of rotatable bonds is 8. The fourth-order valence-electron chi connectivity index (χ4n) is 7.66. The van der Waals surface area contributed by atoms with Crippen LogP contribution in [0.5, 0.6) is 0 Å². The fourth-order valence-corrected chi connectivity index (χ4v) is 7.66. The van der Waals surface area contributed by atoms with Gasteiger partial charge in [0.2, 0.25) is 0 Å². The molecule has 6 heteroatoms. The van der Waals surface area contributed by atoms with E-state index in [0.717, 1.165) is 73.2 Å². The summed E-state index contributed by atoms with van der Waals surface area (Å²) in [6.45, 7) is 2.17. The van der Waals surface area contributed by atoms with Gasteiger partial charge in [-0.1, -0.05) is 146 Å². The van der Waals surface area contributed by atoms with Crippen molar-refractivity contribution in [3.8, 4) is 73.4 Å². The van der Waals surface area contributed by atoms with Crippen molar-refractivity contribution in [3.05, 3.63) is 194 Å². The van der Waals surface area contributed by atoms with Crippen LogP contribution in [0.1, 0.15) is 12.7 Å². The van der Waals surface area contributed by atoms with E-state index in [9.17, 15) is 0 Å². The number of aromatic nitrogens is 6. The van der Waals surface area contributed by atoms with E-state index in [4.69, 9.17) is 24.9 Å². The van der Waals surface area contributed by atoms with Gasteiger partial charge in [0.15, 0.2) is 17.5 Å². The molecule has 0 unspecified atom stereocenters. The number of hydrogen-bond donors (Lipinski definition) is 0. The minimum Gasteiger partial charge on any atom is -0.296 e. The van der Waals surface area contributed by atoms with Crippen molar-refractivity contribution >= 4 is 21.8 Å². The number of pyridine rings is 1. The zero-order chi connectivity index (χ0) is 38.1. The van der Waals surface area contributed by atoms with E-state index in [1.165, 1.54) is 16.7 Å². The molecule has 0 atom stereocenters. The first kappa shape index (κ1) is 34.0. The second-order valence-corrected chi connectivity index (χ2v) is 14.0. The number of benzene rings is 7. The minimum absolute atomic E-state index is 0.583. The fraction of sp³-hybridized carbons (Fsp3) is 0.0392. The van der Waals surface area contributed by atoms with E-state index >= 15 is 0 Å². The second-order valence-electron chi connectivity index (χ2n) is 14.0. The smallest absolute Gasteiger partial charge is 0.165 e. The molecule has 0 fully saturated rings. The van der Waals surface area contributed by atoms with Crippen molar-refractivity contribution in [1.29, 1.82) is 0 Å². The summed E-state index contributed by atoms with van der Waals surface area (Å²) in [6.07, 6.45) is 2.69. The average Bonchev–Trinajstić information content (AvgIpc) is 3.68. The van der Waals surface area contributed by atoms with Crippen LogP contribution in [0.2, 0.25) is 0 Å². The molecular weight excluding hydrogens is 697 g/mol. The molecule has 0 N–H and O–H groups in total. The Kier molecular flexibility index (Phi) is 8.69. The molecule has 0 radical (unpaired) electrons. The minimum atomic E-state index is 0.583. The molecule has 10 rings (SSSR count). The Hall–Kier alpha value is -7.57. The Labute approximate surface area is 330 Å². The van der Waals surface area contributed by atoms with Gasteiger partial charge in [-0.3, -0.25) is 9.55 Å². The predicted molar refractivity (Wildman–Crippen MR) is 232 cm³/mol. The van der Waals surface area contributed by atoms with Crippen molar-refractivity contribution in [3.63, 3.8) is 0 Å². The van der Waals surface area contributed by atoms with Crippen LogP contribution in [0.15, 0.2) is 188 Å². The first-order chi connectivity index (χ1) is 28.2. The highest BCUT2D eigenvalue weighted by molar-refractivity contribution is 5.95. The molecule has 7 aromatic carbocycles. The van der Waals surface area contributed by atoms with Crippen LogP contribution >= 0.6 is 0 Å². The van der Waals surface area contributed by atoms with E-state index in [1.54, 1.807) is 0 Å². The lowest BCUT2D eigenvalue weighted by molar-refractivity contribution is 0.909. The summed E-state index contributed by atoms with van der Waals surface area (Å²) in [6, 6.07) is 63.1. The van der Waals surface area contributed by atoms with Gasteiger partial charge in [-0.15, -0.1) is 0 Å².